The van der Waals surface area contributed by atoms with Crippen LogP contribution >= 0.6 is 0 Å². The number of rotatable bonds is 4. The van der Waals surface area contributed by atoms with Crippen LogP contribution in [0.3, 0.4) is 0 Å². The molecule has 0 aromatic carbocycles. The zero-order valence-electron chi connectivity index (χ0n) is 5.14. The van der Waals surface area contributed by atoms with Gasteiger partial charge in [-0.15, -0.1) is 0 Å². The summed E-state index contributed by atoms with van der Waals surface area (Å²) in [4.78, 5) is 0. The van der Waals surface area contributed by atoms with Gasteiger partial charge >= 0.3 is 0 Å². The van der Waals surface area contributed by atoms with Crippen molar-refractivity contribution in [3.63, 3.8) is 0 Å². The summed E-state index contributed by atoms with van der Waals surface area (Å²) in [6.45, 7) is 1.61. The maximum Gasteiger partial charge on any atom is 0 e. The molecule has 0 aromatic heterocycles. The Morgan fingerprint density at radius 2 is 1.12 bits per heavy atom. The van der Waals surface area contributed by atoms with Gasteiger partial charge in [0.25, 0.3) is 0 Å². The molecule has 0 rings (SSSR count). The molecule has 0 saturated carbocycles. The first-order valence-electron chi connectivity index (χ1n) is 2.82. The normalized spacial score (nSPS) is 8.25. The maximum absolute atomic E-state index is 5.23. The molecule has 3 heteroatoms. The van der Waals surface area contributed by atoms with Crippen molar-refractivity contribution < 1.29 is 22.4 Å². The summed E-state index contributed by atoms with van der Waals surface area (Å²) in [6, 6.07) is 0. The van der Waals surface area contributed by atoms with E-state index in [-0.39, 0.29) is 22.4 Å². The van der Waals surface area contributed by atoms with Crippen LogP contribution in [-0.4, -0.2) is 13.1 Å². The molecule has 0 saturated heterocycles. The van der Waals surface area contributed by atoms with E-state index in [4.69, 9.17) is 11.5 Å². The first-order chi connectivity index (χ1) is 3.41. The molecule has 0 spiro atoms. The van der Waals surface area contributed by atoms with Crippen molar-refractivity contribution in [1.82, 2.24) is 0 Å². The zero-order chi connectivity index (χ0) is 5.54. The first-order valence-corrected chi connectivity index (χ1v) is 2.82. The van der Waals surface area contributed by atoms with E-state index in [1.165, 1.54) is 6.42 Å². The fraction of sp³-hybridized carbons (Fsp3) is 1.00. The summed E-state index contributed by atoms with van der Waals surface area (Å²) in [5.74, 6) is 0. The SMILES string of the molecule is NCCCCCN.[Ta]. The first kappa shape index (κ1) is 11.5. The molecular weight excluding hydrogens is 269 g/mol. The molecule has 0 aliphatic heterocycles. The summed E-state index contributed by atoms with van der Waals surface area (Å²) in [6.07, 6.45) is 3.43. The third-order valence-electron chi connectivity index (χ3n) is 0.908. The van der Waals surface area contributed by atoms with Crippen LogP contribution in [0.4, 0.5) is 0 Å². The minimum absolute atomic E-state index is 0. The molecule has 4 N–H and O–H groups in total. The summed E-state index contributed by atoms with van der Waals surface area (Å²) in [7, 11) is 0. The van der Waals surface area contributed by atoms with E-state index in [9.17, 15) is 0 Å². The predicted molar refractivity (Wildman–Crippen MR) is 32.0 cm³/mol. The molecule has 0 unspecified atom stereocenters. The van der Waals surface area contributed by atoms with Gasteiger partial charge in [0.15, 0.2) is 0 Å². The third-order valence-corrected chi connectivity index (χ3v) is 0.908. The van der Waals surface area contributed by atoms with Crippen molar-refractivity contribution in [3.8, 4) is 0 Å². The Kier molecular flexibility index (Phi) is 15.2. The molecule has 0 bridgehead atoms. The second kappa shape index (κ2) is 10.6. The van der Waals surface area contributed by atoms with Crippen LogP contribution in [0.1, 0.15) is 19.3 Å². The van der Waals surface area contributed by atoms with Crippen LogP contribution in [0, 0.1) is 0 Å². The van der Waals surface area contributed by atoms with Gasteiger partial charge in [-0.2, -0.15) is 0 Å². The standard InChI is InChI=1S/C5H14N2.Ta/c6-4-2-1-3-5-7;/h1-7H2;. The van der Waals surface area contributed by atoms with Crippen molar-refractivity contribution in [3.05, 3.63) is 0 Å². The van der Waals surface area contributed by atoms with Crippen molar-refractivity contribution in [2.75, 3.05) is 13.1 Å². The Balaban J connectivity index is 0. The monoisotopic (exact) mass is 283 g/mol. The smallest absolute Gasteiger partial charge is 0 e. The van der Waals surface area contributed by atoms with Gasteiger partial charge in [-0.05, 0) is 25.9 Å². The summed E-state index contributed by atoms with van der Waals surface area (Å²) in [5, 5.41) is 0. The molecule has 0 aliphatic carbocycles. The van der Waals surface area contributed by atoms with Gasteiger partial charge in [0.2, 0.25) is 0 Å². The van der Waals surface area contributed by atoms with Crippen molar-refractivity contribution in [2.45, 2.75) is 19.3 Å². The van der Waals surface area contributed by atoms with E-state index < -0.39 is 0 Å². The minimum atomic E-state index is 0. The zero-order valence-corrected chi connectivity index (χ0v) is 8.35. The van der Waals surface area contributed by atoms with Crippen molar-refractivity contribution in [1.29, 1.82) is 0 Å². The fourth-order valence-corrected chi connectivity index (χ4v) is 0.465. The molecule has 0 fully saturated rings. The fourth-order valence-electron chi connectivity index (χ4n) is 0.465. The van der Waals surface area contributed by atoms with Crippen LogP contribution < -0.4 is 11.5 Å². The van der Waals surface area contributed by atoms with E-state index in [2.05, 4.69) is 0 Å². The summed E-state index contributed by atoms with van der Waals surface area (Å²) < 4.78 is 0. The van der Waals surface area contributed by atoms with E-state index in [1.54, 1.807) is 0 Å². The van der Waals surface area contributed by atoms with Crippen LogP contribution in [0.5, 0.6) is 0 Å². The van der Waals surface area contributed by atoms with E-state index in [0.29, 0.717) is 0 Å². The predicted octanol–water partition coefficient (Wildman–Crippen LogP) is 0.0716. The Bertz CT molecular complexity index is 29.6. The molecule has 0 amide bonds. The number of hydrogen-bond donors (Lipinski definition) is 2. The van der Waals surface area contributed by atoms with E-state index >= 15 is 0 Å². The molecular formula is C5H14N2Ta. The molecule has 2 nitrogen and oxygen atoms in total. The number of unbranched alkanes of at least 4 members (excludes halogenated alkanes) is 2. The Hall–Kier alpha value is 0.660. The van der Waals surface area contributed by atoms with Crippen LogP contribution in [-0.2, 0) is 22.4 Å². The van der Waals surface area contributed by atoms with Crippen molar-refractivity contribution in [2.24, 2.45) is 11.5 Å². The van der Waals surface area contributed by atoms with Gasteiger partial charge in [0.1, 0.15) is 0 Å². The average Bonchev–Trinajstić information content (AvgIpc) is 1.69. The third kappa shape index (κ3) is 9.83. The Labute approximate surface area is 66.5 Å². The van der Waals surface area contributed by atoms with Gasteiger partial charge < -0.3 is 11.5 Å². The summed E-state index contributed by atoms with van der Waals surface area (Å²) >= 11 is 0. The Morgan fingerprint density at radius 3 is 1.38 bits per heavy atom. The topological polar surface area (TPSA) is 52.0 Å². The molecule has 49 valence electrons. The second-order valence-electron chi connectivity index (χ2n) is 1.64. The van der Waals surface area contributed by atoms with Crippen LogP contribution in [0.15, 0.2) is 0 Å². The van der Waals surface area contributed by atoms with Gasteiger partial charge in [0.05, 0.1) is 0 Å². The maximum atomic E-state index is 5.23. The van der Waals surface area contributed by atoms with E-state index in [1.807, 2.05) is 0 Å². The molecule has 0 aliphatic rings. The molecule has 0 heterocycles. The Morgan fingerprint density at radius 1 is 0.750 bits per heavy atom. The van der Waals surface area contributed by atoms with Crippen LogP contribution in [0.25, 0.3) is 0 Å². The second-order valence-corrected chi connectivity index (χ2v) is 1.64. The largest absolute Gasteiger partial charge is 0.330 e. The summed E-state index contributed by atoms with van der Waals surface area (Å²) in [5.41, 5.74) is 10.5. The average molecular weight is 283 g/mol. The van der Waals surface area contributed by atoms with Gasteiger partial charge in [-0.3, -0.25) is 0 Å². The molecule has 0 atom stereocenters. The number of nitrogens with two attached hydrogens (primary N) is 2. The van der Waals surface area contributed by atoms with E-state index in [0.717, 1.165) is 25.9 Å². The molecule has 8 heavy (non-hydrogen) atoms. The van der Waals surface area contributed by atoms with Gasteiger partial charge in [0, 0.05) is 22.4 Å². The minimum Gasteiger partial charge on any atom is -0.330 e. The van der Waals surface area contributed by atoms with Gasteiger partial charge in [-0.25, -0.2) is 0 Å². The van der Waals surface area contributed by atoms with Gasteiger partial charge in [-0.1, -0.05) is 6.42 Å². The van der Waals surface area contributed by atoms with Crippen molar-refractivity contribution >= 4 is 0 Å². The molecule has 1 radical (unpaired) electrons. The molecule has 0 aromatic rings. The van der Waals surface area contributed by atoms with Crippen LogP contribution in [0.2, 0.25) is 0 Å². The number of hydrogen-bond acceptors (Lipinski definition) is 2. The quantitative estimate of drug-likeness (QED) is 0.718.